The van der Waals surface area contributed by atoms with Crippen LogP contribution in [0.3, 0.4) is 0 Å². The minimum Gasteiger partial charge on any atom is -0.338 e. The van der Waals surface area contributed by atoms with Crippen LogP contribution in [0.1, 0.15) is 46.9 Å². The van der Waals surface area contributed by atoms with Crippen molar-refractivity contribution in [2.75, 3.05) is 19.6 Å². The molecule has 1 aliphatic heterocycles. The van der Waals surface area contributed by atoms with Gasteiger partial charge in [0, 0.05) is 49.2 Å². The molecule has 32 heavy (non-hydrogen) atoms. The zero-order valence-electron chi connectivity index (χ0n) is 18.4. The molecular weight excluding hydrogens is 400 g/mol. The van der Waals surface area contributed by atoms with Crippen molar-refractivity contribution in [1.29, 1.82) is 0 Å². The molecule has 6 nitrogen and oxygen atoms in total. The fraction of sp³-hybridized carbons (Fsp3) is 0.308. The SMILES string of the molecule is CCCN(C(=O)c1cnc(-c2ccccc2)nc1)C1CCN(C(=O)c2ccccc2)CC1. The molecule has 0 spiro atoms. The first-order valence-electron chi connectivity index (χ1n) is 11.2. The molecule has 0 saturated carbocycles. The van der Waals surface area contributed by atoms with Crippen molar-refractivity contribution in [3.05, 3.63) is 84.2 Å². The van der Waals surface area contributed by atoms with E-state index in [1.165, 1.54) is 0 Å². The normalized spacial score (nSPS) is 14.2. The summed E-state index contributed by atoms with van der Waals surface area (Å²) in [5.74, 6) is 0.624. The summed E-state index contributed by atoms with van der Waals surface area (Å²) in [5, 5.41) is 0. The Kier molecular flexibility index (Phi) is 6.90. The first-order valence-corrected chi connectivity index (χ1v) is 11.2. The Balaban J connectivity index is 1.42. The average molecular weight is 429 g/mol. The Morgan fingerprint density at radius 2 is 1.50 bits per heavy atom. The second-order valence-corrected chi connectivity index (χ2v) is 8.05. The minimum atomic E-state index is -0.0423. The van der Waals surface area contributed by atoms with Crippen LogP contribution in [0.25, 0.3) is 11.4 Å². The van der Waals surface area contributed by atoms with Crippen molar-refractivity contribution in [1.82, 2.24) is 19.8 Å². The molecule has 2 heterocycles. The van der Waals surface area contributed by atoms with Crippen LogP contribution in [0.5, 0.6) is 0 Å². The van der Waals surface area contributed by atoms with E-state index in [1.807, 2.05) is 70.5 Å². The lowest BCUT2D eigenvalue weighted by Gasteiger charge is -2.38. The van der Waals surface area contributed by atoms with Crippen LogP contribution in [0.15, 0.2) is 73.1 Å². The number of hydrogen-bond donors (Lipinski definition) is 0. The summed E-state index contributed by atoms with van der Waals surface area (Å²) >= 11 is 0. The Bertz CT molecular complexity index is 1030. The van der Waals surface area contributed by atoms with Crippen LogP contribution in [-0.4, -0.2) is 57.3 Å². The second-order valence-electron chi connectivity index (χ2n) is 8.05. The predicted molar refractivity (Wildman–Crippen MR) is 124 cm³/mol. The lowest BCUT2D eigenvalue weighted by Crippen LogP contribution is -2.49. The predicted octanol–water partition coefficient (Wildman–Crippen LogP) is 4.30. The molecule has 0 N–H and O–H groups in total. The number of aromatic nitrogens is 2. The fourth-order valence-corrected chi connectivity index (χ4v) is 4.18. The maximum atomic E-state index is 13.3. The Hall–Kier alpha value is -3.54. The van der Waals surface area contributed by atoms with Gasteiger partial charge < -0.3 is 9.80 Å². The molecule has 1 saturated heterocycles. The number of carbonyl (C=O) groups excluding carboxylic acids is 2. The quantitative estimate of drug-likeness (QED) is 0.587. The summed E-state index contributed by atoms with van der Waals surface area (Å²) in [4.78, 5) is 38.7. The summed E-state index contributed by atoms with van der Waals surface area (Å²) in [6.45, 7) is 4.05. The highest BCUT2D eigenvalue weighted by molar-refractivity contribution is 5.95. The maximum absolute atomic E-state index is 13.3. The Morgan fingerprint density at radius 1 is 0.906 bits per heavy atom. The molecule has 0 aliphatic carbocycles. The second kappa shape index (κ2) is 10.2. The van der Waals surface area contributed by atoms with Gasteiger partial charge in [-0.25, -0.2) is 9.97 Å². The first kappa shape index (κ1) is 21.7. The first-order chi connectivity index (χ1) is 15.7. The van der Waals surface area contributed by atoms with Gasteiger partial charge in [0.25, 0.3) is 11.8 Å². The molecule has 1 aromatic heterocycles. The topological polar surface area (TPSA) is 66.4 Å². The molecule has 3 aromatic rings. The molecule has 2 aromatic carbocycles. The zero-order valence-corrected chi connectivity index (χ0v) is 18.4. The molecule has 6 heteroatoms. The zero-order chi connectivity index (χ0) is 22.3. The maximum Gasteiger partial charge on any atom is 0.257 e. The van der Waals surface area contributed by atoms with E-state index in [2.05, 4.69) is 16.9 Å². The van der Waals surface area contributed by atoms with Crippen LogP contribution in [0.2, 0.25) is 0 Å². The number of hydrogen-bond acceptors (Lipinski definition) is 4. The number of benzene rings is 2. The van der Waals surface area contributed by atoms with E-state index in [0.29, 0.717) is 36.6 Å². The third-order valence-corrected chi connectivity index (χ3v) is 5.87. The summed E-state index contributed by atoms with van der Waals surface area (Å²) in [7, 11) is 0. The summed E-state index contributed by atoms with van der Waals surface area (Å²) < 4.78 is 0. The van der Waals surface area contributed by atoms with Gasteiger partial charge in [0.05, 0.1) is 5.56 Å². The number of likely N-dealkylation sites (tertiary alicyclic amines) is 1. The van der Waals surface area contributed by atoms with Crippen LogP contribution in [-0.2, 0) is 0 Å². The van der Waals surface area contributed by atoms with E-state index in [1.54, 1.807) is 12.4 Å². The summed E-state index contributed by atoms with van der Waals surface area (Å²) in [6, 6.07) is 19.2. The van der Waals surface area contributed by atoms with Crippen LogP contribution in [0, 0.1) is 0 Å². The van der Waals surface area contributed by atoms with E-state index >= 15 is 0 Å². The average Bonchev–Trinajstić information content (AvgIpc) is 2.88. The molecule has 4 rings (SSSR count). The van der Waals surface area contributed by atoms with E-state index in [-0.39, 0.29) is 17.9 Å². The van der Waals surface area contributed by atoms with Crippen molar-refractivity contribution < 1.29 is 9.59 Å². The van der Waals surface area contributed by atoms with Gasteiger partial charge >= 0.3 is 0 Å². The molecule has 164 valence electrons. The summed E-state index contributed by atoms with van der Waals surface area (Å²) in [5.41, 5.74) is 2.14. The fourth-order valence-electron chi connectivity index (χ4n) is 4.18. The molecule has 2 amide bonds. The number of piperidine rings is 1. The van der Waals surface area contributed by atoms with Gasteiger partial charge in [-0.3, -0.25) is 9.59 Å². The van der Waals surface area contributed by atoms with Gasteiger partial charge in [-0.1, -0.05) is 55.5 Å². The van der Waals surface area contributed by atoms with Crippen molar-refractivity contribution >= 4 is 11.8 Å². The Morgan fingerprint density at radius 3 is 2.09 bits per heavy atom. The smallest absolute Gasteiger partial charge is 0.257 e. The number of nitrogens with zero attached hydrogens (tertiary/aromatic N) is 4. The molecule has 1 aliphatic rings. The van der Waals surface area contributed by atoms with Crippen molar-refractivity contribution in [3.8, 4) is 11.4 Å². The molecule has 0 radical (unpaired) electrons. The third-order valence-electron chi connectivity index (χ3n) is 5.87. The number of rotatable bonds is 6. The van der Waals surface area contributed by atoms with E-state index in [0.717, 1.165) is 24.8 Å². The van der Waals surface area contributed by atoms with E-state index in [4.69, 9.17) is 0 Å². The van der Waals surface area contributed by atoms with Gasteiger partial charge in [0.2, 0.25) is 0 Å². The third kappa shape index (κ3) is 4.85. The molecule has 0 unspecified atom stereocenters. The van der Waals surface area contributed by atoms with Crippen LogP contribution < -0.4 is 0 Å². The highest BCUT2D eigenvalue weighted by Gasteiger charge is 2.30. The molecule has 0 atom stereocenters. The largest absolute Gasteiger partial charge is 0.338 e. The monoisotopic (exact) mass is 428 g/mol. The lowest BCUT2D eigenvalue weighted by atomic mass is 10.0. The minimum absolute atomic E-state index is 0.0423. The standard InChI is InChI=1S/C26H28N4O2/c1-2-15-30(23-13-16-29(17-14-23)25(31)21-11-7-4-8-12-21)26(32)22-18-27-24(28-19-22)20-9-5-3-6-10-20/h3-12,18-19,23H,2,13-17H2,1H3. The number of amides is 2. The van der Waals surface area contributed by atoms with Gasteiger partial charge in [-0.15, -0.1) is 0 Å². The van der Waals surface area contributed by atoms with E-state index < -0.39 is 0 Å². The van der Waals surface area contributed by atoms with Gasteiger partial charge in [-0.2, -0.15) is 0 Å². The highest BCUT2D eigenvalue weighted by Crippen LogP contribution is 2.21. The highest BCUT2D eigenvalue weighted by atomic mass is 16.2. The van der Waals surface area contributed by atoms with Crippen molar-refractivity contribution in [2.45, 2.75) is 32.2 Å². The van der Waals surface area contributed by atoms with Crippen molar-refractivity contribution in [2.24, 2.45) is 0 Å². The van der Waals surface area contributed by atoms with Crippen molar-refractivity contribution in [3.63, 3.8) is 0 Å². The molecular formula is C26H28N4O2. The van der Waals surface area contributed by atoms with Gasteiger partial charge in [-0.05, 0) is 31.4 Å². The Labute approximate surface area is 188 Å². The molecule has 0 bridgehead atoms. The lowest BCUT2D eigenvalue weighted by molar-refractivity contribution is 0.0518. The summed E-state index contributed by atoms with van der Waals surface area (Å²) in [6.07, 6.45) is 5.65. The van der Waals surface area contributed by atoms with Gasteiger partial charge in [0.15, 0.2) is 5.82 Å². The van der Waals surface area contributed by atoms with Gasteiger partial charge in [0.1, 0.15) is 0 Å². The van der Waals surface area contributed by atoms with E-state index in [9.17, 15) is 9.59 Å². The van der Waals surface area contributed by atoms with Crippen LogP contribution >= 0.6 is 0 Å². The molecule has 1 fully saturated rings. The number of carbonyl (C=O) groups is 2. The van der Waals surface area contributed by atoms with Crippen LogP contribution in [0.4, 0.5) is 0 Å².